The Labute approximate surface area is 205 Å². The number of nitrogens with zero attached hydrogens (tertiary/aromatic N) is 5. The van der Waals surface area contributed by atoms with E-state index in [1.807, 2.05) is 12.1 Å². The molecule has 1 aliphatic carbocycles. The van der Waals surface area contributed by atoms with Crippen molar-refractivity contribution < 1.29 is 14.5 Å². The van der Waals surface area contributed by atoms with Gasteiger partial charge in [-0.3, -0.25) is 29.5 Å². The summed E-state index contributed by atoms with van der Waals surface area (Å²) < 4.78 is 0. The van der Waals surface area contributed by atoms with Crippen LogP contribution in [0.2, 0.25) is 0 Å². The zero-order chi connectivity index (χ0) is 24.4. The number of carbonyl (C=O) groups excluding carboxylic acids is 2. The summed E-state index contributed by atoms with van der Waals surface area (Å²) in [6.45, 7) is 5.12. The number of nitro benzene ring substituents is 1. The second-order valence-electron chi connectivity index (χ2n) is 10.3. The number of carbonyl (C=O) groups is 2. The van der Waals surface area contributed by atoms with Crippen LogP contribution >= 0.6 is 0 Å². The van der Waals surface area contributed by atoms with Gasteiger partial charge in [-0.15, -0.1) is 0 Å². The van der Waals surface area contributed by atoms with Crippen molar-refractivity contribution in [1.29, 1.82) is 0 Å². The van der Waals surface area contributed by atoms with Crippen molar-refractivity contribution in [2.75, 3.05) is 44.2 Å². The van der Waals surface area contributed by atoms with Gasteiger partial charge in [-0.2, -0.15) is 0 Å². The molecular formula is C26H33N5O4. The van der Waals surface area contributed by atoms with Gasteiger partial charge in [0.05, 0.1) is 10.4 Å². The van der Waals surface area contributed by atoms with E-state index in [4.69, 9.17) is 4.98 Å². The summed E-state index contributed by atoms with van der Waals surface area (Å²) >= 11 is 0. The van der Waals surface area contributed by atoms with Crippen molar-refractivity contribution in [3.63, 3.8) is 0 Å². The average Bonchev–Trinajstić information content (AvgIpc) is 3.29. The summed E-state index contributed by atoms with van der Waals surface area (Å²) in [7, 11) is 0. The van der Waals surface area contributed by atoms with Gasteiger partial charge >= 0.3 is 0 Å². The number of fused-ring (bicyclic) bond motifs is 1. The molecule has 0 N–H and O–H groups in total. The fourth-order valence-corrected chi connectivity index (χ4v) is 5.96. The standard InChI is InChI=1S/C26H33N5O4/c32-24-18-26(9-1-2-10-26)19-25(33)30(24)12-4-3-11-28-13-15-29(16-14-28)23-8-5-20-17-21(31(34)35)6-7-22(20)27-23/h5-8,17H,1-4,9-16,18-19H2. The Hall–Kier alpha value is -3.07. The van der Waals surface area contributed by atoms with E-state index in [-0.39, 0.29) is 27.8 Å². The molecule has 1 aromatic carbocycles. The molecule has 9 nitrogen and oxygen atoms in total. The molecular weight excluding hydrogens is 446 g/mol. The first-order valence-electron chi connectivity index (χ1n) is 12.8. The maximum Gasteiger partial charge on any atom is 0.270 e. The number of benzene rings is 1. The molecule has 3 fully saturated rings. The highest BCUT2D eigenvalue weighted by atomic mass is 16.6. The number of aromatic nitrogens is 1. The number of non-ortho nitro benzene ring substituents is 1. The predicted molar refractivity (Wildman–Crippen MR) is 133 cm³/mol. The van der Waals surface area contributed by atoms with Crippen LogP contribution in [0.5, 0.6) is 0 Å². The first-order valence-corrected chi connectivity index (χ1v) is 12.8. The lowest BCUT2D eigenvalue weighted by molar-refractivity contribution is -0.384. The monoisotopic (exact) mass is 479 g/mol. The lowest BCUT2D eigenvalue weighted by atomic mass is 9.76. The van der Waals surface area contributed by atoms with Crippen LogP contribution in [0.15, 0.2) is 30.3 Å². The quantitative estimate of drug-likeness (QED) is 0.258. The van der Waals surface area contributed by atoms with Gasteiger partial charge in [0, 0.05) is 63.1 Å². The zero-order valence-corrected chi connectivity index (χ0v) is 20.2. The fourth-order valence-electron chi connectivity index (χ4n) is 5.96. The smallest absolute Gasteiger partial charge is 0.270 e. The van der Waals surface area contributed by atoms with Crippen LogP contribution < -0.4 is 4.90 Å². The fraction of sp³-hybridized carbons (Fsp3) is 0.577. The molecule has 186 valence electrons. The number of unbranched alkanes of at least 4 members (excludes halogenated alkanes) is 1. The molecule has 0 bridgehead atoms. The third-order valence-corrected chi connectivity index (χ3v) is 7.99. The molecule has 3 heterocycles. The minimum atomic E-state index is -0.389. The Bertz CT molecular complexity index is 1100. The van der Waals surface area contributed by atoms with Crippen molar-refractivity contribution in [2.45, 2.75) is 51.4 Å². The SMILES string of the molecule is O=C1CC2(CCCC2)CC(=O)N1CCCCN1CCN(c2ccc3cc([N+](=O)[O-])ccc3n2)CC1. The highest BCUT2D eigenvalue weighted by Crippen LogP contribution is 2.46. The van der Waals surface area contributed by atoms with Crippen LogP contribution in [0, 0.1) is 15.5 Å². The number of rotatable bonds is 7. The number of hydrogen-bond donors (Lipinski definition) is 0. The topological polar surface area (TPSA) is 99.9 Å². The number of piperidine rings is 1. The third-order valence-electron chi connectivity index (χ3n) is 7.99. The molecule has 2 aromatic rings. The Morgan fingerprint density at radius 2 is 1.60 bits per heavy atom. The highest BCUT2D eigenvalue weighted by molar-refractivity contribution is 5.98. The summed E-state index contributed by atoms with van der Waals surface area (Å²) in [6.07, 6.45) is 7.28. The lowest BCUT2D eigenvalue weighted by Gasteiger charge is -2.37. The number of nitro groups is 1. The second-order valence-corrected chi connectivity index (χ2v) is 10.3. The average molecular weight is 480 g/mol. The number of amides is 2. The number of imide groups is 1. The van der Waals surface area contributed by atoms with Gasteiger partial charge in [0.1, 0.15) is 5.82 Å². The summed E-state index contributed by atoms with van der Waals surface area (Å²) in [6, 6.07) is 8.59. The Balaban J connectivity index is 1.06. The number of pyridine rings is 1. The van der Waals surface area contributed by atoms with Crippen molar-refractivity contribution in [1.82, 2.24) is 14.8 Å². The predicted octanol–water partition coefficient (Wildman–Crippen LogP) is 3.75. The molecule has 1 spiro atoms. The maximum absolute atomic E-state index is 12.6. The molecule has 9 heteroatoms. The second kappa shape index (κ2) is 9.89. The summed E-state index contributed by atoms with van der Waals surface area (Å²) in [4.78, 5) is 46.7. The molecule has 1 saturated carbocycles. The minimum absolute atomic E-state index is 0.0256. The van der Waals surface area contributed by atoms with Gasteiger partial charge in [-0.05, 0) is 55.8 Å². The van der Waals surface area contributed by atoms with E-state index in [0.717, 1.165) is 88.0 Å². The molecule has 2 amide bonds. The third kappa shape index (κ3) is 5.15. The van der Waals surface area contributed by atoms with Crippen LogP contribution in [0.3, 0.4) is 0 Å². The van der Waals surface area contributed by atoms with Gasteiger partial charge in [0.25, 0.3) is 5.69 Å². The van der Waals surface area contributed by atoms with E-state index in [0.29, 0.717) is 19.4 Å². The molecule has 1 aromatic heterocycles. The summed E-state index contributed by atoms with van der Waals surface area (Å²) in [5.41, 5.74) is 0.811. The minimum Gasteiger partial charge on any atom is -0.354 e. The molecule has 3 aliphatic rings. The number of hydrogen-bond acceptors (Lipinski definition) is 7. The van der Waals surface area contributed by atoms with Crippen LogP contribution in [0.25, 0.3) is 10.9 Å². The first kappa shape index (κ1) is 23.7. The van der Waals surface area contributed by atoms with E-state index in [1.54, 1.807) is 12.1 Å². The number of anilines is 1. The Morgan fingerprint density at radius 1 is 0.914 bits per heavy atom. The van der Waals surface area contributed by atoms with E-state index < -0.39 is 0 Å². The van der Waals surface area contributed by atoms with Gasteiger partial charge in [0.15, 0.2) is 0 Å². The Kier molecular flexibility index (Phi) is 6.69. The molecule has 2 saturated heterocycles. The summed E-state index contributed by atoms with van der Waals surface area (Å²) in [5.74, 6) is 0.969. The number of piperazine rings is 1. The molecule has 5 rings (SSSR count). The molecule has 2 aliphatic heterocycles. The lowest BCUT2D eigenvalue weighted by Crippen LogP contribution is -2.48. The molecule has 0 unspecified atom stereocenters. The largest absolute Gasteiger partial charge is 0.354 e. The zero-order valence-electron chi connectivity index (χ0n) is 20.2. The van der Waals surface area contributed by atoms with Crippen LogP contribution in [0.4, 0.5) is 11.5 Å². The van der Waals surface area contributed by atoms with Crippen LogP contribution in [0.1, 0.15) is 51.4 Å². The van der Waals surface area contributed by atoms with E-state index in [9.17, 15) is 19.7 Å². The summed E-state index contributed by atoms with van der Waals surface area (Å²) in [5, 5.41) is 11.8. The van der Waals surface area contributed by atoms with E-state index >= 15 is 0 Å². The maximum atomic E-state index is 12.6. The van der Waals surface area contributed by atoms with E-state index in [2.05, 4.69) is 9.80 Å². The van der Waals surface area contributed by atoms with Crippen molar-refractivity contribution in [3.05, 3.63) is 40.4 Å². The van der Waals surface area contributed by atoms with Gasteiger partial charge < -0.3 is 4.90 Å². The Morgan fingerprint density at radius 3 is 2.29 bits per heavy atom. The van der Waals surface area contributed by atoms with Gasteiger partial charge in [-0.1, -0.05) is 12.8 Å². The highest BCUT2D eigenvalue weighted by Gasteiger charge is 2.44. The van der Waals surface area contributed by atoms with Crippen LogP contribution in [-0.2, 0) is 9.59 Å². The molecule has 0 radical (unpaired) electrons. The van der Waals surface area contributed by atoms with Gasteiger partial charge in [0.2, 0.25) is 11.8 Å². The normalized spacial score (nSPS) is 20.8. The molecule has 35 heavy (non-hydrogen) atoms. The van der Waals surface area contributed by atoms with Crippen molar-refractivity contribution in [2.24, 2.45) is 5.41 Å². The van der Waals surface area contributed by atoms with Crippen molar-refractivity contribution in [3.8, 4) is 0 Å². The number of likely N-dealkylation sites (tertiary alicyclic amines) is 1. The first-order chi connectivity index (χ1) is 16.9. The molecule has 0 atom stereocenters. The van der Waals surface area contributed by atoms with E-state index in [1.165, 1.54) is 11.0 Å². The van der Waals surface area contributed by atoms with Crippen LogP contribution in [-0.4, -0.2) is 70.8 Å². The van der Waals surface area contributed by atoms with Crippen molar-refractivity contribution >= 4 is 34.2 Å². The van der Waals surface area contributed by atoms with Gasteiger partial charge in [-0.25, -0.2) is 4.98 Å².